The molecule has 0 aromatic carbocycles. The summed E-state index contributed by atoms with van der Waals surface area (Å²) in [7, 11) is 0. The number of ether oxygens (including phenoxy) is 1. The number of aromatic nitrogens is 2. The van der Waals surface area contributed by atoms with E-state index in [1.54, 1.807) is 12.4 Å². The summed E-state index contributed by atoms with van der Waals surface area (Å²) in [6.45, 7) is 6.90. The number of hydrogen-bond acceptors (Lipinski definition) is 3. The maximum atomic E-state index is 5.97. The van der Waals surface area contributed by atoms with Crippen molar-refractivity contribution in [3.05, 3.63) is 18.1 Å². The van der Waals surface area contributed by atoms with E-state index in [1.165, 1.54) is 6.42 Å². The largest absolute Gasteiger partial charge is 0.473 e. The maximum absolute atomic E-state index is 5.97. The second kappa shape index (κ2) is 5.43. The van der Waals surface area contributed by atoms with Crippen molar-refractivity contribution in [2.24, 2.45) is 11.3 Å². The van der Waals surface area contributed by atoms with E-state index in [4.69, 9.17) is 16.3 Å². The van der Waals surface area contributed by atoms with Gasteiger partial charge in [0, 0.05) is 6.20 Å². The van der Waals surface area contributed by atoms with Gasteiger partial charge in [-0.2, -0.15) is 0 Å². The molecule has 0 radical (unpaired) electrons. The smallest absolute Gasteiger partial charge is 0.232 e. The molecule has 0 spiro atoms. The minimum atomic E-state index is 0.239. The molecule has 0 saturated heterocycles. The summed E-state index contributed by atoms with van der Waals surface area (Å²) in [5, 5.41) is 0. The molecule has 2 unspecified atom stereocenters. The summed E-state index contributed by atoms with van der Waals surface area (Å²) in [5.41, 5.74) is 1.11. The van der Waals surface area contributed by atoms with Gasteiger partial charge < -0.3 is 4.74 Å². The Morgan fingerprint density at radius 3 is 2.83 bits per heavy atom. The summed E-state index contributed by atoms with van der Waals surface area (Å²) in [5.74, 6) is 1.67. The van der Waals surface area contributed by atoms with Crippen molar-refractivity contribution in [3.8, 4) is 5.88 Å². The maximum Gasteiger partial charge on any atom is 0.232 e. The Kier molecular flexibility index (Phi) is 4.10. The zero-order chi connectivity index (χ0) is 13.2. The second-order valence-electron chi connectivity index (χ2n) is 6.14. The van der Waals surface area contributed by atoms with E-state index >= 15 is 0 Å². The fourth-order valence-corrected chi connectivity index (χ4v) is 3.16. The van der Waals surface area contributed by atoms with Crippen LogP contribution in [0.3, 0.4) is 0 Å². The molecule has 0 amide bonds. The van der Waals surface area contributed by atoms with Crippen LogP contribution < -0.4 is 4.74 Å². The highest BCUT2D eigenvalue weighted by Crippen LogP contribution is 2.39. The zero-order valence-corrected chi connectivity index (χ0v) is 12.1. The number of halogens is 1. The summed E-state index contributed by atoms with van der Waals surface area (Å²) >= 11 is 5.75. The first kappa shape index (κ1) is 13.6. The standard InChI is InChI=1S/C14H21ClN2O/c1-10-4-12(6-14(2,3)5-10)18-13-9-16-8-11(7-15)17-13/h8-10,12H,4-7H2,1-3H3. The van der Waals surface area contributed by atoms with Crippen molar-refractivity contribution in [2.75, 3.05) is 0 Å². The van der Waals surface area contributed by atoms with Gasteiger partial charge >= 0.3 is 0 Å². The van der Waals surface area contributed by atoms with Crippen molar-refractivity contribution in [3.63, 3.8) is 0 Å². The molecule has 1 aromatic rings. The van der Waals surface area contributed by atoms with E-state index < -0.39 is 0 Å². The number of alkyl halides is 1. The number of nitrogens with zero attached hydrogens (tertiary/aromatic N) is 2. The van der Waals surface area contributed by atoms with Gasteiger partial charge in [-0.1, -0.05) is 20.8 Å². The third kappa shape index (κ3) is 3.58. The molecule has 0 N–H and O–H groups in total. The van der Waals surface area contributed by atoms with Crippen LogP contribution in [0.4, 0.5) is 0 Å². The highest BCUT2D eigenvalue weighted by molar-refractivity contribution is 6.16. The fourth-order valence-electron chi connectivity index (χ4n) is 3.03. The van der Waals surface area contributed by atoms with Crippen LogP contribution in [0.5, 0.6) is 5.88 Å². The number of hydrogen-bond donors (Lipinski definition) is 0. The minimum absolute atomic E-state index is 0.239. The van der Waals surface area contributed by atoms with Crippen LogP contribution in [0.15, 0.2) is 12.4 Å². The lowest BCUT2D eigenvalue weighted by Gasteiger charge is -2.38. The van der Waals surface area contributed by atoms with Crippen molar-refractivity contribution >= 4 is 11.6 Å². The molecule has 100 valence electrons. The van der Waals surface area contributed by atoms with Gasteiger partial charge in [0.05, 0.1) is 17.8 Å². The van der Waals surface area contributed by atoms with E-state index in [1.807, 2.05) is 0 Å². The molecule has 1 aromatic heterocycles. The average Bonchev–Trinajstić information content (AvgIpc) is 2.26. The van der Waals surface area contributed by atoms with Gasteiger partial charge in [0.1, 0.15) is 6.10 Å². The molecular weight excluding hydrogens is 248 g/mol. The lowest BCUT2D eigenvalue weighted by molar-refractivity contribution is 0.0529. The molecule has 0 aliphatic heterocycles. The third-order valence-corrected chi connectivity index (χ3v) is 3.71. The van der Waals surface area contributed by atoms with Crippen LogP contribution in [0.2, 0.25) is 0 Å². The van der Waals surface area contributed by atoms with E-state index in [9.17, 15) is 0 Å². The first-order valence-corrected chi connectivity index (χ1v) is 7.05. The highest BCUT2D eigenvalue weighted by Gasteiger charge is 2.33. The first-order chi connectivity index (χ1) is 8.48. The monoisotopic (exact) mass is 268 g/mol. The van der Waals surface area contributed by atoms with Crippen molar-refractivity contribution in [1.29, 1.82) is 0 Å². The van der Waals surface area contributed by atoms with Crippen LogP contribution in [0.25, 0.3) is 0 Å². The molecule has 1 saturated carbocycles. The van der Waals surface area contributed by atoms with Gasteiger partial charge in [-0.25, -0.2) is 4.98 Å². The lowest BCUT2D eigenvalue weighted by Crippen LogP contribution is -2.34. The van der Waals surface area contributed by atoms with Crippen molar-refractivity contribution in [1.82, 2.24) is 9.97 Å². The van der Waals surface area contributed by atoms with E-state index in [2.05, 4.69) is 30.7 Å². The zero-order valence-electron chi connectivity index (χ0n) is 11.3. The van der Waals surface area contributed by atoms with Crippen LogP contribution in [0.1, 0.15) is 45.7 Å². The van der Waals surface area contributed by atoms with Crippen molar-refractivity contribution < 1.29 is 4.74 Å². The SMILES string of the molecule is CC1CC(Oc2cncc(CCl)n2)CC(C)(C)C1. The molecule has 0 bridgehead atoms. The number of rotatable bonds is 3. The minimum Gasteiger partial charge on any atom is -0.473 e. The molecule has 2 rings (SSSR count). The Balaban J connectivity index is 2.04. The Morgan fingerprint density at radius 2 is 2.17 bits per heavy atom. The summed E-state index contributed by atoms with van der Waals surface area (Å²) < 4.78 is 5.97. The predicted octanol–water partition coefficient (Wildman–Crippen LogP) is 3.81. The van der Waals surface area contributed by atoms with E-state index in [0.29, 0.717) is 23.1 Å². The molecule has 18 heavy (non-hydrogen) atoms. The van der Waals surface area contributed by atoms with E-state index in [0.717, 1.165) is 18.5 Å². The van der Waals surface area contributed by atoms with Crippen LogP contribution in [-0.2, 0) is 5.88 Å². The summed E-state index contributed by atoms with van der Waals surface area (Å²) in [4.78, 5) is 8.45. The van der Waals surface area contributed by atoms with Gasteiger partial charge in [-0.15, -0.1) is 11.6 Å². The molecule has 1 aliphatic rings. The molecule has 4 heteroatoms. The summed E-state index contributed by atoms with van der Waals surface area (Å²) in [6, 6.07) is 0. The van der Waals surface area contributed by atoms with Crippen LogP contribution in [-0.4, -0.2) is 16.1 Å². The van der Waals surface area contributed by atoms with E-state index in [-0.39, 0.29) is 6.10 Å². The van der Waals surface area contributed by atoms with Gasteiger partial charge in [-0.3, -0.25) is 4.98 Å². The molecule has 3 nitrogen and oxygen atoms in total. The summed E-state index contributed by atoms with van der Waals surface area (Å²) in [6.07, 6.45) is 7.01. The van der Waals surface area contributed by atoms with Crippen LogP contribution >= 0.6 is 11.6 Å². The molecule has 1 fully saturated rings. The van der Waals surface area contributed by atoms with Gasteiger partial charge in [0.2, 0.25) is 5.88 Å². The average molecular weight is 269 g/mol. The predicted molar refractivity (Wildman–Crippen MR) is 72.8 cm³/mol. The molecule has 1 heterocycles. The lowest BCUT2D eigenvalue weighted by atomic mass is 9.71. The molecular formula is C14H21ClN2O. The molecule has 2 atom stereocenters. The highest BCUT2D eigenvalue weighted by atomic mass is 35.5. The fraction of sp³-hybridized carbons (Fsp3) is 0.714. The van der Waals surface area contributed by atoms with Gasteiger partial charge in [0.15, 0.2) is 0 Å². The molecule has 1 aliphatic carbocycles. The topological polar surface area (TPSA) is 35.0 Å². The second-order valence-corrected chi connectivity index (χ2v) is 6.40. The van der Waals surface area contributed by atoms with Gasteiger partial charge in [0.25, 0.3) is 0 Å². The van der Waals surface area contributed by atoms with Crippen LogP contribution in [0, 0.1) is 11.3 Å². The Hall–Kier alpha value is -0.830. The third-order valence-electron chi connectivity index (χ3n) is 3.43. The quantitative estimate of drug-likeness (QED) is 0.782. The normalized spacial score (nSPS) is 26.9. The van der Waals surface area contributed by atoms with Crippen molar-refractivity contribution in [2.45, 2.75) is 52.0 Å². The first-order valence-electron chi connectivity index (χ1n) is 6.52. The Labute approximate surface area is 114 Å². The Morgan fingerprint density at radius 1 is 1.39 bits per heavy atom. The van der Waals surface area contributed by atoms with Gasteiger partial charge in [-0.05, 0) is 30.6 Å². The Bertz CT molecular complexity index is 409.